The first-order chi connectivity index (χ1) is 15.9. The van der Waals surface area contributed by atoms with E-state index >= 15 is 0 Å². The first kappa shape index (κ1) is 20.5. The highest BCUT2D eigenvalue weighted by molar-refractivity contribution is 7.19. The fraction of sp³-hybridized carbons (Fsp3) is 0.458. The first-order valence-electron chi connectivity index (χ1n) is 11.6. The molecule has 0 saturated heterocycles. The van der Waals surface area contributed by atoms with Crippen LogP contribution in [0.3, 0.4) is 0 Å². The number of pyridine rings is 1. The van der Waals surface area contributed by atoms with Crippen LogP contribution in [0, 0.1) is 5.92 Å². The Morgan fingerprint density at radius 3 is 2.85 bits per heavy atom. The van der Waals surface area contributed by atoms with Crippen LogP contribution in [0.15, 0.2) is 17.2 Å². The van der Waals surface area contributed by atoms with E-state index in [9.17, 15) is 14.4 Å². The van der Waals surface area contributed by atoms with Crippen LogP contribution in [0.2, 0.25) is 0 Å². The molecule has 1 aliphatic heterocycles. The zero-order valence-electron chi connectivity index (χ0n) is 18.7. The van der Waals surface area contributed by atoms with Crippen LogP contribution in [0.5, 0.6) is 0 Å². The van der Waals surface area contributed by atoms with Gasteiger partial charge in [0.1, 0.15) is 39.8 Å². The number of carbonyl (C=O) groups is 2. The number of nitrogens with one attached hydrogen (secondary N) is 2. The molecule has 8 nitrogen and oxygen atoms in total. The number of rotatable bonds is 4. The summed E-state index contributed by atoms with van der Waals surface area (Å²) in [7, 11) is 0. The van der Waals surface area contributed by atoms with Gasteiger partial charge in [0.15, 0.2) is 0 Å². The Hall–Kier alpha value is -3.07. The second-order valence-electron chi connectivity index (χ2n) is 9.35. The molecule has 0 aromatic carbocycles. The fourth-order valence-corrected chi connectivity index (χ4v) is 6.82. The van der Waals surface area contributed by atoms with E-state index < -0.39 is 5.66 Å². The Kier molecular flexibility index (Phi) is 4.49. The summed E-state index contributed by atoms with van der Waals surface area (Å²) in [5, 5.41) is 7.31. The maximum atomic E-state index is 13.6. The second kappa shape index (κ2) is 7.21. The number of hydrogen-bond acceptors (Lipinski definition) is 7. The summed E-state index contributed by atoms with van der Waals surface area (Å²) in [6, 6.07) is 1.80. The van der Waals surface area contributed by atoms with Gasteiger partial charge in [-0.1, -0.05) is 6.92 Å². The molecule has 2 N–H and O–H groups in total. The topological polar surface area (TPSA) is 106 Å². The van der Waals surface area contributed by atoms with Crippen molar-refractivity contribution in [1.29, 1.82) is 0 Å². The van der Waals surface area contributed by atoms with Gasteiger partial charge >= 0.3 is 0 Å². The van der Waals surface area contributed by atoms with Crippen molar-refractivity contribution < 1.29 is 9.59 Å². The van der Waals surface area contributed by atoms with Gasteiger partial charge in [0.2, 0.25) is 0 Å². The monoisotopic (exact) mass is 463 g/mol. The maximum Gasteiger partial charge on any atom is 0.276 e. The van der Waals surface area contributed by atoms with Crippen LogP contribution in [-0.4, -0.2) is 26.2 Å². The summed E-state index contributed by atoms with van der Waals surface area (Å²) >= 11 is 1.61. The van der Waals surface area contributed by atoms with Crippen molar-refractivity contribution in [3.63, 3.8) is 0 Å². The molecule has 3 aromatic heterocycles. The molecule has 1 saturated carbocycles. The number of ketones is 1. The number of aromatic nitrogens is 3. The smallest absolute Gasteiger partial charge is 0.276 e. The van der Waals surface area contributed by atoms with E-state index in [1.165, 1.54) is 16.8 Å². The van der Waals surface area contributed by atoms with Gasteiger partial charge in [0.25, 0.3) is 11.5 Å². The lowest BCUT2D eigenvalue weighted by Gasteiger charge is -2.39. The number of nitrogens with zero attached hydrogens (tertiary/aromatic N) is 3. The largest absolute Gasteiger partial charge is 0.335 e. The summed E-state index contributed by atoms with van der Waals surface area (Å²) in [5.74, 6) is 0.742. The van der Waals surface area contributed by atoms with Gasteiger partial charge in [0, 0.05) is 10.8 Å². The summed E-state index contributed by atoms with van der Waals surface area (Å²) in [5.41, 5.74) is 2.16. The van der Waals surface area contributed by atoms with Crippen molar-refractivity contribution in [3.05, 3.63) is 44.4 Å². The molecule has 3 aliphatic rings. The molecule has 1 amide bonds. The highest BCUT2D eigenvalue weighted by Gasteiger charge is 2.49. The van der Waals surface area contributed by atoms with Gasteiger partial charge < -0.3 is 10.6 Å². The van der Waals surface area contributed by atoms with Gasteiger partial charge in [-0.15, -0.1) is 11.3 Å². The minimum Gasteiger partial charge on any atom is -0.335 e. The maximum absolute atomic E-state index is 13.6. The fourth-order valence-electron chi connectivity index (χ4n) is 5.55. The molecule has 9 heteroatoms. The summed E-state index contributed by atoms with van der Waals surface area (Å²) in [4.78, 5) is 49.3. The van der Waals surface area contributed by atoms with Crippen molar-refractivity contribution >= 4 is 44.7 Å². The van der Waals surface area contributed by atoms with E-state index in [2.05, 4.69) is 20.6 Å². The Balaban J connectivity index is 1.47. The van der Waals surface area contributed by atoms with E-state index in [1.54, 1.807) is 28.9 Å². The summed E-state index contributed by atoms with van der Waals surface area (Å²) < 4.78 is 1.68. The molecule has 170 valence electrons. The van der Waals surface area contributed by atoms with E-state index in [-0.39, 0.29) is 23.2 Å². The number of Topliss-reactive ketones (excluding diaryl/α,β-unsaturated/α-hetero) is 1. The lowest BCUT2D eigenvalue weighted by Crippen LogP contribution is -2.52. The third-order valence-corrected chi connectivity index (χ3v) is 8.67. The van der Waals surface area contributed by atoms with Crippen molar-refractivity contribution in [1.82, 2.24) is 19.9 Å². The highest BCUT2D eigenvalue weighted by atomic mass is 32.1. The van der Waals surface area contributed by atoms with Crippen LogP contribution < -0.4 is 16.2 Å². The number of carbonyl (C=O) groups excluding carboxylic acids is 2. The van der Waals surface area contributed by atoms with Crippen LogP contribution in [0.1, 0.15) is 66.0 Å². The first-order valence-corrected chi connectivity index (χ1v) is 12.4. The van der Waals surface area contributed by atoms with Crippen molar-refractivity contribution in [2.75, 3.05) is 5.32 Å². The van der Waals surface area contributed by atoms with E-state index in [0.29, 0.717) is 23.6 Å². The van der Waals surface area contributed by atoms with Crippen LogP contribution in [0.4, 0.5) is 11.5 Å². The molecule has 33 heavy (non-hydrogen) atoms. The molecular weight excluding hydrogens is 438 g/mol. The molecule has 2 aliphatic carbocycles. The van der Waals surface area contributed by atoms with Crippen molar-refractivity contribution in [2.45, 2.75) is 64.5 Å². The molecular formula is C24H25N5O3S. The second-order valence-corrected chi connectivity index (χ2v) is 10.4. The molecule has 1 spiro atoms. The SMILES string of the molecule is CCc1cc(Nc2ncnc3sc4c(c23)CC[C@H](C(C)=O)C4)c(=O)n2c1C(=O)NC21CCC1. The normalized spacial score (nSPS) is 20.3. The lowest BCUT2D eigenvalue weighted by molar-refractivity contribution is -0.121. The zero-order valence-corrected chi connectivity index (χ0v) is 19.5. The number of amides is 1. The Morgan fingerprint density at radius 2 is 2.15 bits per heavy atom. The zero-order chi connectivity index (χ0) is 22.9. The van der Waals surface area contributed by atoms with Crippen molar-refractivity contribution in [2.24, 2.45) is 5.92 Å². The minimum atomic E-state index is -0.588. The molecule has 0 radical (unpaired) electrons. The minimum absolute atomic E-state index is 0.0621. The van der Waals surface area contributed by atoms with Gasteiger partial charge in [-0.3, -0.25) is 19.0 Å². The summed E-state index contributed by atoms with van der Waals surface area (Å²) in [6.07, 6.45) is 7.04. The lowest BCUT2D eigenvalue weighted by atomic mass is 9.85. The van der Waals surface area contributed by atoms with Gasteiger partial charge in [-0.2, -0.15) is 0 Å². The Morgan fingerprint density at radius 1 is 1.33 bits per heavy atom. The third kappa shape index (κ3) is 2.91. The highest BCUT2D eigenvalue weighted by Crippen LogP contribution is 2.42. The number of hydrogen-bond donors (Lipinski definition) is 2. The quantitative estimate of drug-likeness (QED) is 0.614. The molecule has 6 rings (SSSR count). The predicted octanol–water partition coefficient (Wildman–Crippen LogP) is 3.43. The van der Waals surface area contributed by atoms with Crippen LogP contribution in [0.25, 0.3) is 10.2 Å². The van der Waals surface area contributed by atoms with E-state index in [0.717, 1.165) is 54.3 Å². The number of fused-ring (bicyclic) bond motifs is 5. The van der Waals surface area contributed by atoms with Crippen molar-refractivity contribution in [3.8, 4) is 0 Å². The molecule has 0 bridgehead atoms. The van der Waals surface area contributed by atoms with Crippen LogP contribution >= 0.6 is 11.3 Å². The number of aryl methyl sites for hydroxylation is 2. The molecule has 3 aromatic rings. The predicted molar refractivity (Wildman–Crippen MR) is 126 cm³/mol. The molecule has 1 fully saturated rings. The van der Waals surface area contributed by atoms with Gasteiger partial charge in [-0.25, -0.2) is 9.97 Å². The van der Waals surface area contributed by atoms with Crippen LogP contribution in [-0.2, 0) is 29.7 Å². The average Bonchev–Trinajstić information content (AvgIpc) is 3.31. The van der Waals surface area contributed by atoms with Gasteiger partial charge in [-0.05, 0) is 69.1 Å². The standard InChI is InChI=1S/C24H25N5O3S/c1-3-13-9-16(23(32)29-19(13)21(31)28-24(29)7-4-8-24)27-20-18-15-6-5-14(12(2)30)10-17(15)33-22(18)26-11-25-20/h9,11,14H,3-8,10H2,1-2H3,(H,28,31)(H,25,26,27)/t14-/m0/s1. The Labute approximate surface area is 194 Å². The molecule has 4 heterocycles. The van der Waals surface area contributed by atoms with Gasteiger partial charge in [0.05, 0.1) is 5.39 Å². The number of anilines is 2. The summed E-state index contributed by atoms with van der Waals surface area (Å²) in [6.45, 7) is 3.66. The number of thiophene rings is 1. The van der Waals surface area contributed by atoms with E-state index in [1.807, 2.05) is 6.92 Å². The molecule has 0 unspecified atom stereocenters. The average molecular weight is 464 g/mol. The van der Waals surface area contributed by atoms with E-state index in [4.69, 9.17) is 0 Å². The molecule has 1 atom stereocenters. The third-order valence-electron chi connectivity index (χ3n) is 7.50. The Bertz CT molecular complexity index is 1400.